The molecule has 1 aliphatic heterocycles. The largest absolute Gasteiger partial charge is 0.437 e. The average molecular weight is 417 g/mol. The lowest BCUT2D eigenvalue weighted by atomic mass is 9.85. The molecule has 134 valence electrons. The molecule has 0 spiro atoms. The second-order valence-corrected chi connectivity index (χ2v) is 7.40. The fourth-order valence-electron chi connectivity index (χ4n) is 3.35. The summed E-state index contributed by atoms with van der Waals surface area (Å²) in [6.45, 7) is 8.15. The van der Waals surface area contributed by atoms with Gasteiger partial charge >= 0.3 is 6.09 Å². The van der Waals surface area contributed by atoms with Gasteiger partial charge in [-0.2, -0.15) is 0 Å². The maximum absolute atomic E-state index is 13.3. The smallest absolute Gasteiger partial charge is 0.411 e. The summed E-state index contributed by atoms with van der Waals surface area (Å²) in [5, 5.41) is 0. The first-order valence-electron chi connectivity index (χ1n) is 8.50. The molecule has 1 aliphatic rings. The molecule has 3 rings (SSSR count). The zero-order valence-electron chi connectivity index (χ0n) is 14.5. The van der Waals surface area contributed by atoms with Gasteiger partial charge in [-0.25, -0.2) is 9.18 Å². The maximum Gasteiger partial charge on any atom is 0.411 e. The van der Waals surface area contributed by atoms with Crippen molar-refractivity contribution in [3.8, 4) is 0 Å². The van der Waals surface area contributed by atoms with E-state index in [4.69, 9.17) is 11.3 Å². The minimum absolute atomic E-state index is 0.108. The quantitative estimate of drug-likeness (QED) is 0.579. The zero-order chi connectivity index (χ0) is 18.7. The average Bonchev–Trinajstić information content (AvgIpc) is 2.63. The number of benzene rings is 2. The molecular formula is C21H20BrFNO2+. The Morgan fingerprint density at radius 1 is 1.27 bits per heavy atom. The third-order valence-corrected chi connectivity index (χ3v) is 5.44. The fraction of sp³-hybridized carbons (Fsp3) is 0.286. The summed E-state index contributed by atoms with van der Waals surface area (Å²) in [7, 11) is 0. The number of nitrogens with zero attached hydrogens (tertiary/aromatic N) is 1. The number of hydrogen-bond acceptors (Lipinski definition) is 2. The minimum atomic E-state index is -0.852. The molecule has 0 radical (unpaired) electrons. The molecule has 0 aromatic heterocycles. The van der Waals surface area contributed by atoms with E-state index in [0.29, 0.717) is 19.4 Å². The van der Waals surface area contributed by atoms with E-state index in [-0.39, 0.29) is 11.9 Å². The van der Waals surface area contributed by atoms with E-state index in [2.05, 4.69) is 15.9 Å². The molecule has 0 N–H and O–H groups in total. The Kier molecular flexibility index (Phi) is 5.40. The Morgan fingerprint density at radius 3 is 2.50 bits per heavy atom. The van der Waals surface area contributed by atoms with Gasteiger partial charge in [-0.15, -0.1) is 0 Å². The second-order valence-electron chi connectivity index (χ2n) is 6.48. The molecular weight excluding hydrogens is 397 g/mol. The van der Waals surface area contributed by atoms with Crippen molar-refractivity contribution in [3.63, 3.8) is 0 Å². The topological polar surface area (TPSA) is 29.5 Å². The summed E-state index contributed by atoms with van der Waals surface area (Å²) in [5.74, 6) is -0.326. The molecule has 1 amide bonds. The van der Waals surface area contributed by atoms with Crippen LogP contribution in [0, 0.1) is 12.4 Å². The van der Waals surface area contributed by atoms with Crippen molar-refractivity contribution in [2.24, 2.45) is 0 Å². The van der Waals surface area contributed by atoms with Crippen LogP contribution in [0.1, 0.15) is 36.9 Å². The highest BCUT2D eigenvalue weighted by atomic mass is 79.9. The molecule has 2 aromatic carbocycles. The number of cyclic esters (lactones) is 1. The van der Waals surface area contributed by atoms with Gasteiger partial charge in [0.15, 0.2) is 6.08 Å². The number of amides is 1. The molecule has 2 atom stereocenters. The van der Waals surface area contributed by atoms with Crippen molar-refractivity contribution < 1.29 is 13.9 Å². The summed E-state index contributed by atoms with van der Waals surface area (Å²) >= 11 is 3.42. The predicted octanol–water partition coefficient (Wildman–Crippen LogP) is 5.77. The Balaban J connectivity index is 1.83. The predicted molar refractivity (Wildman–Crippen MR) is 102 cm³/mol. The number of halogens is 2. The van der Waals surface area contributed by atoms with E-state index in [0.717, 1.165) is 15.6 Å². The Morgan fingerprint density at radius 2 is 1.92 bits per heavy atom. The highest BCUT2D eigenvalue weighted by Gasteiger charge is 2.43. The summed E-state index contributed by atoms with van der Waals surface area (Å²) < 4.78 is 20.1. The van der Waals surface area contributed by atoms with Crippen molar-refractivity contribution in [2.75, 3.05) is 6.54 Å². The zero-order valence-corrected chi connectivity index (χ0v) is 16.1. The van der Waals surface area contributed by atoms with Gasteiger partial charge in [0, 0.05) is 17.4 Å². The van der Waals surface area contributed by atoms with Crippen LogP contribution in [0.2, 0.25) is 0 Å². The molecule has 2 aromatic rings. The lowest BCUT2D eigenvalue weighted by Gasteiger charge is -2.42. The molecule has 26 heavy (non-hydrogen) atoms. The summed E-state index contributed by atoms with van der Waals surface area (Å²) in [4.78, 5) is 14.5. The normalized spacial score (nSPS) is 21.2. The van der Waals surface area contributed by atoms with Crippen LogP contribution in [-0.2, 0) is 10.3 Å². The van der Waals surface area contributed by atoms with Crippen molar-refractivity contribution in [3.05, 3.63) is 82.6 Å². The van der Waals surface area contributed by atoms with Crippen molar-refractivity contribution in [1.82, 2.24) is 4.90 Å². The van der Waals surface area contributed by atoms with E-state index in [1.807, 2.05) is 31.2 Å². The first-order valence-corrected chi connectivity index (χ1v) is 9.29. The van der Waals surface area contributed by atoms with Gasteiger partial charge in [-0.3, -0.25) is 0 Å². The first-order chi connectivity index (χ1) is 12.4. The maximum atomic E-state index is 13.3. The number of rotatable bonds is 5. The molecule has 0 aliphatic carbocycles. The molecule has 0 saturated carbocycles. The van der Waals surface area contributed by atoms with Crippen LogP contribution in [-0.4, -0.2) is 17.5 Å². The number of ether oxygens (including phenoxy) is 1. The number of carbonyl (C=O) groups excluding carboxylic acids is 1. The first kappa shape index (κ1) is 18.6. The Labute approximate surface area is 161 Å². The van der Waals surface area contributed by atoms with Crippen LogP contribution in [0.5, 0.6) is 0 Å². The van der Waals surface area contributed by atoms with Gasteiger partial charge in [0.25, 0.3) is 0 Å². The van der Waals surface area contributed by atoms with Crippen LogP contribution in [0.4, 0.5) is 9.18 Å². The van der Waals surface area contributed by atoms with Gasteiger partial charge in [0.05, 0.1) is 12.5 Å². The lowest BCUT2D eigenvalue weighted by molar-refractivity contribution is -0.0589. The molecule has 5 heteroatoms. The summed E-state index contributed by atoms with van der Waals surface area (Å²) in [6.07, 6.45) is 2.06. The van der Waals surface area contributed by atoms with Crippen LogP contribution < -0.4 is 0 Å². The van der Waals surface area contributed by atoms with Crippen LogP contribution in [0.25, 0.3) is 0 Å². The van der Waals surface area contributed by atoms with Crippen LogP contribution in [0.15, 0.2) is 59.1 Å². The molecule has 0 unspecified atom stereocenters. The monoisotopic (exact) mass is 416 g/mol. The molecule has 1 heterocycles. The van der Waals surface area contributed by atoms with Crippen LogP contribution in [0.3, 0.4) is 0 Å². The fourth-order valence-corrected chi connectivity index (χ4v) is 3.62. The van der Waals surface area contributed by atoms with Gasteiger partial charge in [0.1, 0.15) is 11.4 Å². The van der Waals surface area contributed by atoms with Crippen LogP contribution >= 0.6 is 15.9 Å². The summed E-state index contributed by atoms with van der Waals surface area (Å²) in [6, 6.07) is 13.8. The minimum Gasteiger partial charge on any atom is -0.437 e. The molecule has 1 saturated heterocycles. The van der Waals surface area contributed by atoms with Gasteiger partial charge in [0.2, 0.25) is 6.58 Å². The second kappa shape index (κ2) is 7.56. The molecule has 1 fully saturated rings. The molecule has 0 bridgehead atoms. The number of carbonyl (C=O) groups is 1. The lowest BCUT2D eigenvalue weighted by Crippen LogP contribution is -2.48. The standard InChI is InChI=1S/C21H20BrFNO2/c1-3-12-21(17-6-10-19(23)11-7-17)13-14-24(20(25)26-21)15(2)16-4-8-18(22)9-5-16/h1,3-11,15H,12-14H2,2H3/q+1/t15-,21-/m0/s1. The highest BCUT2D eigenvalue weighted by molar-refractivity contribution is 9.10. The van der Waals surface area contributed by atoms with E-state index in [9.17, 15) is 9.18 Å². The van der Waals surface area contributed by atoms with E-state index >= 15 is 0 Å². The van der Waals surface area contributed by atoms with Crippen molar-refractivity contribution in [2.45, 2.75) is 31.4 Å². The van der Waals surface area contributed by atoms with Crippen molar-refractivity contribution >= 4 is 22.0 Å². The Hall–Kier alpha value is -2.23. The Bertz CT molecular complexity index is 791. The number of hydrogen-bond donors (Lipinski definition) is 0. The van der Waals surface area contributed by atoms with E-state index < -0.39 is 11.7 Å². The van der Waals surface area contributed by atoms with Gasteiger partial charge in [-0.1, -0.05) is 40.2 Å². The highest BCUT2D eigenvalue weighted by Crippen LogP contribution is 2.39. The third kappa shape index (κ3) is 3.64. The summed E-state index contributed by atoms with van der Waals surface area (Å²) in [5.41, 5.74) is 0.935. The van der Waals surface area contributed by atoms with Crippen molar-refractivity contribution in [1.29, 1.82) is 0 Å². The van der Waals surface area contributed by atoms with Gasteiger partial charge < -0.3 is 9.64 Å². The molecule has 3 nitrogen and oxygen atoms in total. The third-order valence-electron chi connectivity index (χ3n) is 4.91. The van der Waals surface area contributed by atoms with E-state index in [1.165, 1.54) is 18.2 Å². The SMILES string of the molecule is [CH+]=CC[C@@]1(c2ccc(F)cc2)CCN([C@@H](C)c2ccc(Br)cc2)C(=O)O1. The van der Waals surface area contributed by atoms with E-state index in [1.54, 1.807) is 17.0 Å². The van der Waals surface area contributed by atoms with Gasteiger partial charge in [-0.05, 0) is 42.3 Å².